The molecule has 0 atom stereocenters. The first kappa shape index (κ1) is 22.5. The predicted molar refractivity (Wildman–Crippen MR) is 116 cm³/mol. The molecule has 8 nitrogen and oxygen atoms in total. The van der Waals surface area contributed by atoms with Gasteiger partial charge in [-0.3, -0.25) is 19.6 Å². The maximum absolute atomic E-state index is 12.7. The standard InChI is InChI=1S/C23H30N4O4/c1-30-20-12-18(14-24-16-20)4-6-22(28)26-8-3-9-27(11-10-26)23(29)7-5-19-13-21(31-2)17-25-15-19/h12-17H,3-11H2,1-2H3. The number of rotatable bonds is 8. The van der Waals surface area contributed by atoms with Gasteiger partial charge in [0.05, 0.1) is 26.6 Å². The van der Waals surface area contributed by atoms with Crippen molar-refractivity contribution < 1.29 is 19.1 Å². The van der Waals surface area contributed by atoms with Gasteiger partial charge in [0.2, 0.25) is 11.8 Å². The third kappa shape index (κ3) is 6.67. The number of aromatic nitrogens is 2. The minimum Gasteiger partial charge on any atom is -0.495 e. The molecule has 0 unspecified atom stereocenters. The summed E-state index contributed by atoms with van der Waals surface area (Å²) in [5, 5.41) is 0. The molecular weight excluding hydrogens is 396 g/mol. The van der Waals surface area contributed by atoms with Crippen LogP contribution in [-0.4, -0.2) is 72.0 Å². The van der Waals surface area contributed by atoms with Crippen LogP contribution in [0.2, 0.25) is 0 Å². The highest BCUT2D eigenvalue weighted by Crippen LogP contribution is 2.15. The number of methoxy groups -OCH3 is 2. The Balaban J connectivity index is 1.45. The number of pyridine rings is 2. The largest absolute Gasteiger partial charge is 0.495 e. The number of hydrogen-bond acceptors (Lipinski definition) is 6. The van der Waals surface area contributed by atoms with Crippen LogP contribution in [0.15, 0.2) is 36.9 Å². The molecule has 2 aromatic heterocycles. The van der Waals surface area contributed by atoms with Gasteiger partial charge in [0, 0.05) is 51.4 Å². The molecule has 3 rings (SSSR count). The van der Waals surface area contributed by atoms with E-state index in [4.69, 9.17) is 9.47 Å². The molecule has 31 heavy (non-hydrogen) atoms. The van der Waals surface area contributed by atoms with Crippen LogP contribution in [0.5, 0.6) is 11.5 Å². The van der Waals surface area contributed by atoms with E-state index in [0.717, 1.165) is 17.5 Å². The molecule has 0 bridgehead atoms. The SMILES string of the molecule is COc1cncc(CCC(=O)N2CCCN(C(=O)CCc3cncc(OC)c3)CC2)c1. The van der Waals surface area contributed by atoms with Crippen LogP contribution in [0, 0.1) is 0 Å². The van der Waals surface area contributed by atoms with Crippen LogP contribution in [0.25, 0.3) is 0 Å². The maximum Gasteiger partial charge on any atom is 0.222 e. The molecule has 0 aliphatic carbocycles. The molecule has 0 N–H and O–H groups in total. The first-order valence-corrected chi connectivity index (χ1v) is 10.6. The Morgan fingerprint density at radius 1 is 0.774 bits per heavy atom. The van der Waals surface area contributed by atoms with Gasteiger partial charge in [0.15, 0.2) is 0 Å². The Hall–Kier alpha value is -3.16. The molecule has 1 aliphatic rings. The number of aryl methyl sites for hydroxylation is 2. The molecule has 0 radical (unpaired) electrons. The highest BCUT2D eigenvalue weighted by Gasteiger charge is 2.22. The zero-order valence-electron chi connectivity index (χ0n) is 18.2. The lowest BCUT2D eigenvalue weighted by molar-refractivity contribution is -0.133. The van der Waals surface area contributed by atoms with Crippen molar-refractivity contribution in [1.29, 1.82) is 0 Å². The highest BCUT2D eigenvalue weighted by atomic mass is 16.5. The van der Waals surface area contributed by atoms with Crippen molar-refractivity contribution in [3.63, 3.8) is 0 Å². The number of amides is 2. The Morgan fingerprint density at radius 3 is 1.65 bits per heavy atom. The summed E-state index contributed by atoms with van der Waals surface area (Å²) >= 11 is 0. The second kappa shape index (κ2) is 11.3. The quantitative estimate of drug-likeness (QED) is 0.643. The minimum atomic E-state index is 0.111. The Kier molecular flexibility index (Phi) is 8.20. The third-order valence-corrected chi connectivity index (χ3v) is 5.47. The summed E-state index contributed by atoms with van der Waals surface area (Å²) in [6.45, 7) is 2.50. The summed E-state index contributed by atoms with van der Waals surface area (Å²) in [4.78, 5) is 37.4. The number of carbonyl (C=O) groups is 2. The van der Waals surface area contributed by atoms with E-state index in [2.05, 4.69) is 9.97 Å². The molecular formula is C23H30N4O4. The molecule has 2 amide bonds. The van der Waals surface area contributed by atoms with Gasteiger partial charge < -0.3 is 19.3 Å². The molecule has 8 heteroatoms. The number of carbonyl (C=O) groups excluding carboxylic acids is 2. The van der Waals surface area contributed by atoms with Crippen LogP contribution in [0.4, 0.5) is 0 Å². The second-order valence-electron chi connectivity index (χ2n) is 7.58. The fourth-order valence-electron chi connectivity index (χ4n) is 3.66. The molecule has 1 fully saturated rings. The minimum absolute atomic E-state index is 0.111. The van der Waals surface area contributed by atoms with E-state index in [-0.39, 0.29) is 11.8 Å². The maximum atomic E-state index is 12.7. The fraction of sp³-hybridized carbons (Fsp3) is 0.478. The van der Waals surface area contributed by atoms with Gasteiger partial charge in [-0.25, -0.2) is 0 Å². The van der Waals surface area contributed by atoms with E-state index in [9.17, 15) is 9.59 Å². The monoisotopic (exact) mass is 426 g/mol. The van der Waals surface area contributed by atoms with Gasteiger partial charge in [0.25, 0.3) is 0 Å². The average molecular weight is 427 g/mol. The van der Waals surface area contributed by atoms with Gasteiger partial charge in [-0.1, -0.05) is 0 Å². The Morgan fingerprint density at radius 2 is 1.23 bits per heavy atom. The van der Waals surface area contributed by atoms with Gasteiger partial charge in [0.1, 0.15) is 11.5 Å². The lowest BCUT2D eigenvalue weighted by Gasteiger charge is -2.22. The third-order valence-electron chi connectivity index (χ3n) is 5.47. The van der Waals surface area contributed by atoms with Crippen LogP contribution in [0.1, 0.15) is 30.4 Å². The van der Waals surface area contributed by atoms with Crippen molar-refractivity contribution in [1.82, 2.24) is 19.8 Å². The van der Waals surface area contributed by atoms with Crippen molar-refractivity contribution in [2.75, 3.05) is 40.4 Å². The predicted octanol–water partition coefficient (Wildman–Crippen LogP) is 2.12. The summed E-state index contributed by atoms with van der Waals surface area (Å²) < 4.78 is 10.4. The van der Waals surface area contributed by atoms with E-state index in [1.807, 2.05) is 21.9 Å². The summed E-state index contributed by atoms with van der Waals surface area (Å²) in [6.07, 6.45) is 9.70. The molecule has 2 aromatic rings. The van der Waals surface area contributed by atoms with Crippen molar-refractivity contribution in [3.8, 4) is 11.5 Å². The van der Waals surface area contributed by atoms with E-state index >= 15 is 0 Å². The van der Waals surface area contributed by atoms with Gasteiger partial charge >= 0.3 is 0 Å². The number of hydrogen-bond donors (Lipinski definition) is 0. The van der Waals surface area contributed by atoms with E-state index in [0.29, 0.717) is 63.4 Å². The van der Waals surface area contributed by atoms with E-state index in [1.54, 1.807) is 39.0 Å². The topological polar surface area (TPSA) is 84.9 Å². The summed E-state index contributed by atoms with van der Waals surface area (Å²) in [5.41, 5.74) is 1.96. The molecule has 0 saturated carbocycles. The number of nitrogens with zero attached hydrogens (tertiary/aromatic N) is 4. The molecule has 0 spiro atoms. The normalized spacial score (nSPS) is 14.1. The Bertz CT molecular complexity index is 818. The van der Waals surface area contributed by atoms with E-state index < -0.39 is 0 Å². The van der Waals surface area contributed by atoms with Crippen molar-refractivity contribution in [3.05, 3.63) is 48.0 Å². The molecule has 1 aliphatic heterocycles. The highest BCUT2D eigenvalue weighted by molar-refractivity contribution is 5.78. The zero-order valence-corrected chi connectivity index (χ0v) is 18.2. The fourth-order valence-corrected chi connectivity index (χ4v) is 3.66. The van der Waals surface area contributed by atoms with Crippen molar-refractivity contribution in [2.45, 2.75) is 32.1 Å². The van der Waals surface area contributed by atoms with Gasteiger partial charge in [-0.2, -0.15) is 0 Å². The van der Waals surface area contributed by atoms with Gasteiger partial charge in [-0.05, 0) is 42.5 Å². The van der Waals surface area contributed by atoms with E-state index in [1.165, 1.54) is 0 Å². The summed E-state index contributed by atoms with van der Waals surface area (Å²) in [7, 11) is 3.20. The first-order valence-electron chi connectivity index (χ1n) is 10.6. The van der Waals surface area contributed by atoms with Gasteiger partial charge in [-0.15, -0.1) is 0 Å². The number of ether oxygens (including phenoxy) is 2. The molecule has 3 heterocycles. The van der Waals surface area contributed by atoms with Crippen molar-refractivity contribution >= 4 is 11.8 Å². The van der Waals surface area contributed by atoms with Crippen LogP contribution in [0.3, 0.4) is 0 Å². The van der Waals surface area contributed by atoms with Crippen LogP contribution < -0.4 is 9.47 Å². The zero-order chi connectivity index (χ0) is 22.1. The Labute approximate surface area is 183 Å². The van der Waals surface area contributed by atoms with Crippen molar-refractivity contribution in [2.24, 2.45) is 0 Å². The molecule has 1 saturated heterocycles. The summed E-state index contributed by atoms with van der Waals surface area (Å²) in [6, 6.07) is 3.81. The molecule has 166 valence electrons. The lowest BCUT2D eigenvalue weighted by atomic mass is 10.1. The second-order valence-corrected chi connectivity index (χ2v) is 7.58. The van der Waals surface area contributed by atoms with Crippen LogP contribution >= 0.6 is 0 Å². The average Bonchev–Trinajstić information content (AvgIpc) is 3.08. The smallest absolute Gasteiger partial charge is 0.222 e. The summed E-state index contributed by atoms with van der Waals surface area (Å²) in [5.74, 6) is 1.61. The lowest BCUT2D eigenvalue weighted by Crippen LogP contribution is -2.37. The molecule has 0 aromatic carbocycles. The van der Waals surface area contributed by atoms with Crippen LogP contribution in [-0.2, 0) is 22.4 Å². The first-order chi connectivity index (χ1) is 15.1.